The van der Waals surface area contributed by atoms with Crippen LogP contribution in [-0.2, 0) is 19.0 Å². The number of amides is 2. The lowest BCUT2D eigenvalue weighted by Crippen LogP contribution is -2.50. The lowest BCUT2D eigenvalue weighted by molar-refractivity contribution is -0.139. The second-order valence-electron chi connectivity index (χ2n) is 6.98. The molecule has 1 aromatic rings. The van der Waals surface area contributed by atoms with Crippen molar-refractivity contribution in [3.05, 3.63) is 41.1 Å². The second kappa shape index (κ2) is 10.1. The van der Waals surface area contributed by atoms with Crippen LogP contribution in [0, 0.1) is 0 Å². The van der Waals surface area contributed by atoms with Gasteiger partial charge in [0.25, 0.3) is 0 Å². The maximum absolute atomic E-state index is 12.4. The van der Waals surface area contributed by atoms with Gasteiger partial charge in [-0.15, -0.1) is 0 Å². The Hall–Kier alpha value is -3.07. The number of ether oxygens (including phenoxy) is 4. The highest BCUT2D eigenvalue weighted by molar-refractivity contribution is 5.95. The average molecular weight is 418 g/mol. The van der Waals surface area contributed by atoms with Gasteiger partial charge in [-0.05, 0) is 51.0 Å². The molecule has 0 aromatic heterocycles. The zero-order chi connectivity index (χ0) is 21.5. The molecular formula is C21H26N2O7. The van der Waals surface area contributed by atoms with Crippen molar-refractivity contribution in [3.8, 4) is 5.75 Å². The molecule has 2 aliphatic heterocycles. The molecule has 0 saturated carbocycles. The summed E-state index contributed by atoms with van der Waals surface area (Å²) in [6, 6.07) is 5.52. The number of carbonyl (C=O) groups excluding carboxylic acids is 3. The quantitative estimate of drug-likeness (QED) is 0.620. The van der Waals surface area contributed by atoms with E-state index in [4.69, 9.17) is 18.9 Å². The first-order valence-electron chi connectivity index (χ1n) is 9.97. The summed E-state index contributed by atoms with van der Waals surface area (Å²) in [5.41, 5.74) is 0.753. The fourth-order valence-electron chi connectivity index (χ4n) is 3.27. The van der Waals surface area contributed by atoms with Gasteiger partial charge in [0.05, 0.1) is 35.6 Å². The number of nitrogens with one attached hydrogen (secondary N) is 2. The molecule has 9 heteroatoms. The standard InChI is InChI=1S/C21H26N2O7/c1-3-27-20(25)18-13(2)22-21(26)23-17(18)12-30-19(24)14-6-8-15(9-7-14)29-11-16-5-4-10-28-16/h6-9,13,16H,3-5,10-12H2,1-2H3,(H2,22,23,26)/t13-,16+/m0/s1. The van der Waals surface area contributed by atoms with E-state index in [1.54, 1.807) is 38.1 Å². The SMILES string of the molecule is CCOC(=O)C1=C(COC(=O)c2ccc(OC[C@H]3CCCO3)cc2)NC(=O)N[C@H]1C. The summed E-state index contributed by atoms with van der Waals surface area (Å²) in [5.74, 6) is -0.526. The lowest BCUT2D eigenvalue weighted by atomic mass is 10.0. The van der Waals surface area contributed by atoms with Crippen LogP contribution in [0.2, 0.25) is 0 Å². The normalized spacial score (nSPS) is 20.9. The molecule has 2 amide bonds. The molecule has 162 valence electrons. The summed E-state index contributed by atoms with van der Waals surface area (Å²) in [7, 11) is 0. The van der Waals surface area contributed by atoms with Crippen LogP contribution in [0.25, 0.3) is 0 Å². The smallest absolute Gasteiger partial charge is 0.338 e. The van der Waals surface area contributed by atoms with E-state index in [-0.39, 0.29) is 30.6 Å². The molecule has 1 fully saturated rings. The van der Waals surface area contributed by atoms with Crippen LogP contribution in [0.15, 0.2) is 35.5 Å². The van der Waals surface area contributed by atoms with Gasteiger partial charge < -0.3 is 29.6 Å². The summed E-state index contributed by atoms with van der Waals surface area (Å²) < 4.78 is 21.5. The van der Waals surface area contributed by atoms with Gasteiger partial charge in [-0.1, -0.05) is 0 Å². The molecule has 0 aliphatic carbocycles. The van der Waals surface area contributed by atoms with E-state index in [1.807, 2.05) is 0 Å². The molecule has 2 heterocycles. The molecule has 30 heavy (non-hydrogen) atoms. The van der Waals surface area contributed by atoms with Gasteiger partial charge >= 0.3 is 18.0 Å². The van der Waals surface area contributed by atoms with Gasteiger partial charge in [-0.2, -0.15) is 0 Å². The zero-order valence-corrected chi connectivity index (χ0v) is 17.1. The highest BCUT2D eigenvalue weighted by Crippen LogP contribution is 2.18. The van der Waals surface area contributed by atoms with E-state index >= 15 is 0 Å². The number of benzene rings is 1. The zero-order valence-electron chi connectivity index (χ0n) is 17.1. The highest BCUT2D eigenvalue weighted by atomic mass is 16.5. The van der Waals surface area contributed by atoms with Crippen molar-refractivity contribution >= 4 is 18.0 Å². The highest BCUT2D eigenvalue weighted by Gasteiger charge is 2.30. The number of hydrogen-bond acceptors (Lipinski definition) is 7. The maximum atomic E-state index is 12.4. The van der Waals surface area contributed by atoms with Gasteiger partial charge in [-0.25, -0.2) is 14.4 Å². The van der Waals surface area contributed by atoms with Crippen LogP contribution in [0.4, 0.5) is 4.79 Å². The lowest BCUT2D eigenvalue weighted by Gasteiger charge is -2.26. The molecule has 2 aliphatic rings. The van der Waals surface area contributed by atoms with E-state index in [0.717, 1.165) is 19.4 Å². The molecule has 2 N–H and O–H groups in total. The Kier molecular flexibility index (Phi) is 7.29. The Morgan fingerprint density at radius 3 is 2.60 bits per heavy atom. The fourth-order valence-corrected chi connectivity index (χ4v) is 3.27. The molecule has 0 spiro atoms. The third-order valence-electron chi connectivity index (χ3n) is 4.76. The summed E-state index contributed by atoms with van der Waals surface area (Å²) in [4.78, 5) is 36.3. The van der Waals surface area contributed by atoms with E-state index < -0.39 is 24.0 Å². The van der Waals surface area contributed by atoms with Crippen molar-refractivity contribution < 1.29 is 33.3 Å². The van der Waals surface area contributed by atoms with Gasteiger partial charge in [0.15, 0.2) is 0 Å². The van der Waals surface area contributed by atoms with Gasteiger partial charge in [0.2, 0.25) is 0 Å². The number of carbonyl (C=O) groups is 3. The number of rotatable bonds is 8. The summed E-state index contributed by atoms with van der Waals surface area (Å²) >= 11 is 0. The third-order valence-corrected chi connectivity index (χ3v) is 4.76. The van der Waals surface area contributed by atoms with Crippen LogP contribution < -0.4 is 15.4 Å². The molecule has 2 atom stereocenters. The first kappa shape index (κ1) is 21.6. The Morgan fingerprint density at radius 2 is 1.93 bits per heavy atom. The van der Waals surface area contributed by atoms with Crippen molar-refractivity contribution in [3.63, 3.8) is 0 Å². The Bertz CT molecular complexity index is 813. The molecule has 0 bridgehead atoms. The van der Waals surface area contributed by atoms with Crippen LogP contribution in [0.5, 0.6) is 5.75 Å². The fraction of sp³-hybridized carbons (Fsp3) is 0.476. The average Bonchev–Trinajstić information content (AvgIpc) is 3.24. The van der Waals surface area contributed by atoms with Gasteiger partial charge in [0.1, 0.15) is 19.0 Å². The minimum absolute atomic E-state index is 0.110. The molecular weight excluding hydrogens is 392 g/mol. The predicted octanol–water partition coefficient (Wildman–Crippen LogP) is 1.92. The molecule has 0 radical (unpaired) electrons. The first-order valence-corrected chi connectivity index (χ1v) is 9.97. The van der Waals surface area contributed by atoms with Crippen molar-refractivity contribution in [1.29, 1.82) is 0 Å². The molecule has 9 nitrogen and oxygen atoms in total. The maximum Gasteiger partial charge on any atom is 0.338 e. The van der Waals surface area contributed by atoms with Crippen molar-refractivity contribution in [2.24, 2.45) is 0 Å². The molecule has 0 unspecified atom stereocenters. The van der Waals surface area contributed by atoms with Crippen LogP contribution in [-0.4, -0.2) is 56.5 Å². The van der Waals surface area contributed by atoms with E-state index in [1.165, 1.54) is 0 Å². The van der Waals surface area contributed by atoms with E-state index in [0.29, 0.717) is 17.9 Å². The first-order chi connectivity index (χ1) is 14.5. The Labute approximate surface area is 174 Å². The molecule has 1 saturated heterocycles. The molecule has 1 aromatic carbocycles. The third kappa shape index (κ3) is 5.50. The predicted molar refractivity (Wildman–Crippen MR) is 106 cm³/mol. The summed E-state index contributed by atoms with van der Waals surface area (Å²) in [6.45, 7) is 4.51. The topological polar surface area (TPSA) is 112 Å². The Morgan fingerprint density at radius 1 is 1.17 bits per heavy atom. The number of hydrogen-bond donors (Lipinski definition) is 2. The molecule has 3 rings (SSSR count). The van der Waals surface area contributed by atoms with Gasteiger partial charge in [-0.3, -0.25) is 0 Å². The van der Waals surface area contributed by atoms with Gasteiger partial charge in [0, 0.05) is 6.61 Å². The van der Waals surface area contributed by atoms with Crippen molar-refractivity contribution in [2.45, 2.75) is 38.8 Å². The summed E-state index contributed by atoms with van der Waals surface area (Å²) in [6.07, 6.45) is 2.14. The minimum Gasteiger partial charge on any atom is -0.491 e. The number of esters is 2. The van der Waals surface area contributed by atoms with E-state index in [2.05, 4.69) is 10.6 Å². The minimum atomic E-state index is -0.586. The second-order valence-corrected chi connectivity index (χ2v) is 6.98. The van der Waals surface area contributed by atoms with Crippen LogP contribution >= 0.6 is 0 Å². The summed E-state index contributed by atoms with van der Waals surface area (Å²) in [5, 5.41) is 5.10. The largest absolute Gasteiger partial charge is 0.491 e. The van der Waals surface area contributed by atoms with E-state index in [9.17, 15) is 14.4 Å². The number of urea groups is 1. The van der Waals surface area contributed by atoms with Crippen LogP contribution in [0.1, 0.15) is 37.0 Å². The van der Waals surface area contributed by atoms with Crippen molar-refractivity contribution in [2.75, 3.05) is 26.4 Å². The monoisotopic (exact) mass is 418 g/mol. The van der Waals surface area contributed by atoms with Crippen LogP contribution in [0.3, 0.4) is 0 Å². The Balaban J connectivity index is 1.59. The van der Waals surface area contributed by atoms with Crippen molar-refractivity contribution in [1.82, 2.24) is 10.6 Å².